The van der Waals surface area contributed by atoms with Gasteiger partial charge in [0.1, 0.15) is 11.8 Å². The van der Waals surface area contributed by atoms with E-state index >= 15 is 0 Å². The van der Waals surface area contributed by atoms with Crippen LogP contribution in [0.15, 0.2) is 23.4 Å². The summed E-state index contributed by atoms with van der Waals surface area (Å²) in [5.41, 5.74) is 0.930. The quantitative estimate of drug-likeness (QED) is 0.666. The molecule has 0 radical (unpaired) electrons. The molecule has 0 spiro atoms. The maximum absolute atomic E-state index is 12.6. The largest absolute Gasteiger partial charge is 0.310 e. The van der Waals surface area contributed by atoms with Crippen molar-refractivity contribution in [3.63, 3.8) is 0 Å². The van der Waals surface area contributed by atoms with Crippen LogP contribution in [0, 0.1) is 0 Å². The third-order valence-electron chi connectivity index (χ3n) is 4.04. The molecule has 4 rings (SSSR count). The average molecular weight is 270 g/mol. The van der Waals surface area contributed by atoms with Crippen LogP contribution in [0.1, 0.15) is 38.1 Å². The van der Waals surface area contributed by atoms with E-state index in [-0.39, 0.29) is 11.6 Å². The van der Waals surface area contributed by atoms with Gasteiger partial charge in [-0.15, -0.1) is 10.2 Å². The molecule has 0 atom stereocenters. The predicted molar refractivity (Wildman–Crippen MR) is 72.5 cm³/mol. The molecule has 0 aromatic carbocycles. The summed E-state index contributed by atoms with van der Waals surface area (Å²) in [4.78, 5) is 16.6. The van der Waals surface area contributed by atoms with Gasteiger partial charge in [0.05, 0.1) is 0 Å². The Bertz CT molecular complexity index is 830. The minimum absolute atomic E-state index is 0.0840. The summed E-state index contributed by atoms with van der Waals surface area (Å²) >= 11 is 0. The van der Waals surface area contributed by atoms with Crippen molar-refractivity contribution < 1.29 is 0 Å². The molecule has 7 heteroatoms. The molecule has 1 saturated carbocycles. The van der Waals surface area contributed by atoms with Gasteiger partial charge in [0, 0.05) is 12.2 Å². The maximum Gasteiger partial charge on any atom is 0.280 e. The Balaban J connectivity index is 1.94. The van der Waals surface area contributed by atoms with Gasteiger partial charge >= 0.3 is 0 Å². The Morgan fingerprint density at radius 2 is 2.00 bits per heavy atom. The van der Waals surface area contributed by atoms with Gasteiger partial charge in [-0.3, -0.25) is 4.79 Å². The van der Waals surface area contributed by atoms with E-state index in [4.69, 9.17) is 0 Å². The van der Waals surface area contributed by atoms with E-state index in [0.717, 1.165) is 12.8 Å². The number of hydrogen-bond acceptors (Lipinski definition) is 5. The second-order valence-electron chi connectivity index (χ2n) is 5.23. The fourth-order valence-corrected chi connectivity index (χ4v) is 3.01. The van der Waals surface area contributed by atoms with Gasteiger partial charge in [0.15, 0.2) is 5.52 Å². The van der Waals surface area contributed by atoms with E-state index < -0.39 is 0 Å². The Morgan fingerprint density at radius 3 is 2.85 bits per heavy atom. The molecule has 102 valence electrons. The van der Waals surface area contributed by atoms with Crippen molar-refractivity contribution in [2.45, 2.75) is 38.1 Å². The molecule has 3 heterocycles. The Labute approximate surface area is 114 Å². The lowest BCUT2D eigenvalue weighted by atomic mass is 9.95. The molecule has 20 heavy (non-hydrogen) atoms. The molecule has 0 unspecified atom stereocenters. The smallest absolute Gasteiger partial charge is 0.280 e. The van der Waals surface area contributed by atoms with Crippen LogP contribution in [-0.2, 0) is 0 Å². The Hall–Kier alpha value is -2.31. The van der Waals surface area contributed by atoms with Crippen LogP contribution in [0.5, 0.6) is 0 Å². The van der Waals surface area contributed by atoms with Gasteiger partial charge < -0.3 is 4.57 Å². The highest BCUT2D eigenvalue weighted by atomic mass is 16.1. The average Bonchev–Trinajstić information content (AvgIpc) is 2.97. The highest BCUT2D eigenvalue weighted by Gasteiger charge is 2.18. The van der Waals surface area contributed by atoms with Gasteiger partial charge in [-0.05, 0) is 18.9 Å². The summed E-state index contributed by atoms with van der Waals surface area (Å²) in [5, 5.41) is 12.1. The molecule has 0 aliphatic heterocycles. The third kappa shape index (κ3) is 1.62. The first kappa shape index (κ1) is 11.5. The van der Waals surface area contributed by atoms with Gasteiger partial charge in [-0.25, -0.2) is 0 Å². The Morgan fingerprint density at radius 1 is 1.15 bits per heavy atom. The number of fused-ring (bicyclic) bond motifs is 3. The lowest BCUT2D eigenvalue weighted by Crippen LogP contribution is -2.27. The second kappa shape index (κ2) is 4.36. The van der Waals surface area contributed by atoms with Crippen LogP contribution >= 0.6 is 0 Å². The summed E-state index contributed by atoms with van der Waals surface area (Å²) in [6.45, 7) is 0. The van der Waals surface area contributed by atoms with Crippen molar-refractivity contribution in [2.75, 3.05) is 0 Å². The predicted octanol–water partition coefficient (Wildman–Crippen LogP) is 1.34. The maximum atomic E-state index is 12.6. The van der Waals surface area contributed by atoms with Crippen molar-refractivity contribution in [3.05, 3.63) is 28.9 Å². The Kier molecular flexibility index (Phi) is 2.51. The zero-order valence-electron chi connectivity index (χ0n) is 10.9. The van der Waals surface area contributed by atoms with Crippen molar-refractivity contribution in [3.8, 4) is 0 Å². The van der Waals surface area contributed by atoms with Gasteiger partial charge in [0.2, 0.25) is 0 Å². The van der Waals surface area contributed by atoms with Crippen LogP contribution < -0.4 is 5.56 Å². The minimum atomic E-state index is -0.0840. The van der Waals surface area contributed by atoms with Crippen molar-refractivity contribution >= 4 is 16.8 Å². The molecule has 0 amide bonds. The first-order valence-corrected chi connectivity index (χ1v) is 6.92. The highest BCUT2D eigenvalue weighted by molar-refractivity contribution is 5.74. The van der Waals surface area contributed by atoms with Gasteiger partial charge in [-0.1, -0.05) is 19.3 Å². The van der Waals surface area contributed by atoms with Crippen LogP contribution in [0.2, 0.25) is 0 Å². The fraction of sp³-hybridized carbons (Fsp3) is 0.462. The monoisotopic (exact) mass is 270 g/mol. The van der Waals surface area contributed by atoms with E-state index in [0.29, 0.717) is 16.8 Å². The summed E-state index contributed by atoms with van der Waals surface area (Å²) in [5.74, 6) is 0.410. The van der Waals surface area contributed by atoms with Crippen molar-refractivity contribution in [1.82, 2.24) is 29.4 Å². The lowest BCUT2D eigenvalue weighted by Gasteiger charge is -2.23. The van der Waals surface area contributed by atoms with E-state index in [9.17, 15) is 4.79 Å². The zero-order valence-corrected chi connectivity index (χ0v) is 10.9. The molecule has 1 aliphatic rings. The number of pyridine rings is 1. The number of rotatable bonds is 1. The van der Waals surface area contributed by atoms with E-state index in [2.05, 4.69) is 20.3 Å². The normalized spacial score (nSPS) is 17.0. The molecular weight excluding hydrogens is 256 g/mol. The van der Waals surface area contributed by atoms with Crippen LogP contribution in [0.3, 0.4) is 0 Å². The summed E-state index contributed by atoms with van der Waals surface area (Å²) in [6, 6.07) is 2.16. The lowest BCUT2D eigenvalue weighted by molar-refractivity contribution is 0.347. The molecule has 7 nitrogen and oxygen atoms in total. The first-order chi connectivity index (χ1) is 9.84. The molecule has 0 saturated heterocycles. The molecule has 3 aromatic rings. The summed E-state index contributed by atoms with van der Waals surface area (Å²) in [6.07, 6.45) is 9.01. The standard InChI is InChI=1S/C13H14N6O/c20-12-11-10(19-13(17-16-11)14-8-15-19)6-7-18(12)9-4-2-1-3-5-9/h6-9H,1-5H2. The molecular formula is C13H14N6O. The zero-order chi connectivity index (χ0) is 13.5. The fourth-order valence-electron chi connectivity index (χ4n) is 3.01. The number of nitrogens with zero attached hydrogens (tertiary/aromatic N) is 6. The van der Waals surface area contributed by atoms with Gasteiger partial charge in [0.25, 0.3) is 11.3 Å². The molecule has 0 N–H and O–H groups in total. The molecule has 0 bridgehead atoms. The highest BCUT2D eigenvalue weighted by Crippen LogP contribution is 2.27. The van der Waals surface area contributed by atoms with Crippen LogP contribution in [0.25, 0.3) is 16.8 Å². The van der Waals surface area contributed by atoms with Crippen LogP contribution in [-0.4, -0.2) is 29.4 Å². The third-order valence-corrected chi connectivity index (χ3v) is 4.04. The molecule has 1 fully saturated rings. The number of hydrogen-bond donors (Lipinski definition) is 0. The van der Waals surface area contributed by atoms with Crippen LogP contribution in [0.4, 0.5) is 0 Å². The van der Waals surface area contributed by atoms with E-state index in [1.165, 1.54) is 25.6 Å². The van der Waals surface area contributed by atoms with Crippen molar-refractivity contribution in [1.29, 1.82) is 0 Å². The van der Waals surface area contributed by atoms with E-state index in [1.54, 1.807) is 9.08 Å². The summed E-state index contributed by atoms with van der Waals surface area (Å²) < 4.78 is 3.36. The first-order valence-electron chi connectivity index (χ1n) is 6.92. The molecule has 3 aromatic heterocycles. The minimum Gasteiger partial charge on any atom is -0.310 e. The van der Waals surface area contributed by atoms with E-state index in [1.807, 2.05) is 12.3 Å². The van der Waals surface area contributed by atoms with Crippen molar-refractivity contribution in [2.24, 2.45) is 0 Å². The topological polar surface area (TPSA) is 78.0 Å². The summed E-state index contributed by atoms with van der Waals surface area (Å²) in [7, 11) is 0. The molecule has 1 aliphatic carbocycles. The SMILES string of the molecule is O=c1c2nnc3ncnn3c2ccn1C1CCCCC1. The number of aromatic nitrogens is 6. The van der Waals surface area contributed by atoms with Gasteiger partial charge in [-0.2, -0.15) is 14.6 Å². The second-order valence-corrected chi connectivity index (χ2v) is 5.23.